The predicted octanol–water partition coefficient (Wildman–Crippen LogP) is 3.09. The van der Waals surface area contributed by atoms with Crippen LogP contribution in [-0.4, -0.2) is 44.5 Å². The van der Waals surface area contributed by atoms with Crippen LogP contribution in [0.25, 0.3) is 11.2 Å². The molecule has 0 saturated carbocycles. The average molecular weight is 382 g/mol. The van der Waals surface area contributed by atoms with Gasteiger partial charge in [0, 0.05) is 43.1 Å². The van der Waals surface area contributed by atoms with E-state index in [1.54, 1.807) is 6.20 Å². The summed E-state index contributed by atoms with van der Waals surface area (Å²) in [4.78, 5) is 30.7. The quantitative estimate of drug-likeness (QED) is 0.726. The van der Waals surface area contributed by atoms with E-state index in [-0.39, 0.29) is 5.91 Å². The standard InChI is InChI=1S/C19H18N4O3S/c24-18(21-12-13-3-7-22-10-6-20-17(22)11-13)16-2-1-15(27-16)14-4-8-23(9-5-14)19(25)26/h1-4,6-7,10-11H,5,8-9,12H2,(H,21,24)(H,25,26). The molecule has 4 rings (SSSR count). The predicted molar refractivity (Wildman–Crippen MR) is 103 cm³/mol. The Labute approximate surface area is 159 Å². The Kier molecular flexibility index (Phi) is 4.64. The molecule has 2 amide bonds. The molecule has 3 aromatic heterocycles. The fourth-order valence-electron chi connectivity index (χ4n) is 3.03. The second kappa shape index (κ2) is 7.24. The summed E-state index contributed by atoms with van der Waals surface area (Å²) in [5.41, 5.74) is 2.93. The number of thiophene rings is 1. The van der Waals surface area contributed by atoms with E-state index in [1.165, 1.54) is 16.2 Å². The normalized spacial score (nSPS) is 14.2. The zero-order valence-electron chi connectivity index (χ0n) is 14.5. The molecule has 0 bridgehead atoms. The van der Waals surface area contributed by atoms with Crippen LogP contribution in [0.3, 0.4) is 0 Å². The Balaban J connectivity index is 1.39. The summed E-state index contributed by atoms with van der Waals surface area (Å²) in [6, 6.07) is 7.65. The Bertz CT molecular complexity index is 1040. The third kappa shape index (κ3) is 3.70. The van der Waals surface area contributed by atoms with Crippen molar-refractivity contribution in [3.05, 3.63) is 64.2 Å². The highest BCUT2D eigenvalue weighted by molar-refractivity contribution is 7.15. The van der Waals surface area contributed by atoms with Crippen molar-refractivity contribution in [2.45, 2.75) is 13.0 Å². The van der Waals surface area contributed by atoms with Crippen molar-refractivity contribution in [2.24, 2.45) is 0 Å². The molecule has 0 aromatic carbocycles. The van der Waals surface area contributed by atoms with Crippen molar-refractivity contribution in [3.63, 3.8) is 0 Å². The van der Waals surface area contributed by atoms with Gasteiger partial charge in [-0.25, -0.2) is 9.78 Å². The largest absolute Gasteiger partial charge is 0.465 e. The maximum Gasteiger partial charge on any atom is 0.407 e. The number of pyridine rings is 1. The minimum atomic E-state index is -0.898. The number of carboxylic acid groups (broad SMARTS) is 1. The Morgan fingerprint density at radius 2 is 2.15 bits per heavy atom. The highest BCUT2D eigenvalue weighted by Crippen LogP contribution is 2.29. The van der Waals surface area contributed by atoms with E-state index in [9.17, 15) is 9.59 Å². The lowest BCUT2D eigenvalue weighted by atomic mass is 10.1. The molecular weight excluding hydrogens is 364 g/mol. The number of nitrogens with one attached hydrogen (secondary N) is 1. The first-order valence-corrected chi connectivity index (χ1v) is 9.39. The van der Waals surface area contributed by atoms with E-state index in [4.69, 9.17) is 5.11 Å². The zero-order chi connectivity index (χ0) is 18.8. The van der Waals surface area contributed by atoms with Crippen LogP contribution in [0, 0.1) is 0 Å². The Morgan fingerprint density at radius 1 is 1.26 bits per heavy atom. The fraction of sp³-hybridized carbons (Fsp3) is 0.211. The molecule has 138 valence electrons. The maximum atomic E-state index is 12.4. The van der Waals surface area contributed by atoms with Crippen LogP contribution in [0.1, 0.15) is 26.5 Å². The first kappa shape index (κ1) is 17.3. The first-order chi connectivity index (χ1) is 13.1. The number of hydrogen-bond donors (Lipinski definition) is 2. The van der Waals surface area contributed by atoms with E-state index in [0.29, 0.717) is 30.9 Å². The monoisotopic (exact) mass is 382 g/mol. The van der Waals surface area contributed by atoms with E-state index >= 15 is 0 Å². The number of imidazole rings is 1. The molecule has 27 heavy (non-hydrogen) atoms. The molecule has 0 spiro atoms. The number of aromatic nitrogens is 2. The van der Waals surface area contributed by atoms with Crippen molar-refractivity contribution in [3.8, 4) is 0 Å². The van der Waals surface area contributed by atoms with Gasteiger partial charge in [-0.3, -0.25) is 4.79 Å². The molecule has 2 N–H and O–H groups in total. The number of nitrogens with zero attached hydrogens (tertiary/aromatic N) is 3. The van der Waals surface area contributed by atoms with Gasteiger partial charge >= 0.3 is 6.09 Å². The van der Waals surface area contributed by atoms with E-state index in [1.807, 2.05) is 47.1 Å². The third-order valence-corrected chi connectivity index (χ3v) is 5.70. The van der Waals surface area contributed by atoms with Crippen molar-refractivity contribution in [1.82, 2.24) is 19.6 Å². The zero-order valence-corrected chi connectivity index (χ0v) is 15.3. The van der Waals surface area contributed by atoms with Crippen LogP contribution in [0.5, 0.6) is 0 Å². The molecule has 0 fully saturated rings. The van der Waals surface area contributed by atoms with E-state index < -0.39 is 6.09 Å². The highest BCUT2D eigenvalue weighted by atomic mass is 32.1. The lowest BCUT2D eigenvalue weighted by Gasteiger charge is -2.23. The average Bonchev–Trinajstić information content (AvgIpc) is 3.35. The number of hydrogen-bond acceptors (Lipinski definition) is 4. The van der Waals surface area contributed by atoms with Crippen LogP contribution >= 0.6 is 11.3 Å². The van der Waals surface area contributed by atoms with Crippen LogP contribution < -0.4 is 5.32 Å². The summed E-state index contributed by atoms with van der Waals surface area (Å²) >= 11 is 1.43. The summed E-state index contributed by atoms with van der Waals surface area (Å²) < 4.78 is 1.92. The molecule has 1 aliphatic rings. The van der Waals surface area contributed by atoms with Crippen molar-refractivity contribution >= 4 is 34.6 Å². The van der Waals surface area contributed by atoms with Gasteiger partial charge < -0.3 is 19.7 Å². The fourth-order valence-corrected chi connectivity index (χ4v) is 4.02. The van der Waals surface area contributed by atoms with Crippen molar-refractivity contribution in [1.29, 1.82) is 0 Å². The lowest BCUT2D eigenvalue weighted by Crippen LogP contribution is -2.33. The first-order valence-electron chi connectivity index (χ1n) is 8.57. The second-order valence-corrected chi connectivity index (χ2v) is 7.37. The number of amides is 2. The molecule has 7 nitrogen and oxygen atoms in total. The molecule has 8 heteroatoms. The minimum absolute atomic E-state index is 0.113. The van der Waals surface area contributed by atoms with Crippen molar-refractivity contribution in [2.75, 3.05) is 13.1 Å². The Morgan fingerprint density at radius 3 is 2.93 bits per heavy atom. The summed E-state index contributed by atoms with van der Waals surface area (Å²) in [5, 5.41) is 12.0. The smallest absolute Gasteiger partial charge is 0.407 e. The summed E-state index contributed by atoms with van der Waals surface area (Å²) in [6.07, 6.45) is 7.22. The molecule has 4 heterocycles. The molecule has 0 saturated heterocycles. The van der Waals surface area contributed by atoms with E-state index in [0.717, 1.165) is 21.7 Å². The molecule has 3 aromatic rings. The van der Waals surface area contributed by atoms with Gasteiger partial charge in [0.15, 0.2) is 0 Å². The van der Waals surface area contributed by atoms with Crippen LogP contribution in [-0.2, 0) is 6.54 Å². The molecule has 0 radical (unpaired) electrons. The topological polar surface area (TPSA) is 86.9 Å². The molecule has 0 atom stereocenters. The SMILES string of the molecule is O=C(NCc1ccn2ccnc2c1)c1ccc(C2=CCN(C(=O)O)CC2)s1. The van der Waals surface area contributed by atoms with Gasteiger partial charge in [-0.1, -0.05) is 6.08 Å². The maximum absolute atomic E-state index is 12.4. The van der Waals surface area contributed by atoms with Gasteiger partial charge in [0.1, 0.15) is 5.65 Å². The van der Waals surface area contributed by atoms with Gasteiger partial charge in [0.2, 0.25) is 0 Å². The summed E-state index contributed by atoms with van der Waals surface area (Å²) in [5.74, 6) is -0.113. The second-order valence-electron chi connectivity index (χ2n) is 6.28. The van der Waals surface area contributed by atoms with Crippen LogP contribution in [0.15, 0.2) is 48.9 Å². The van der Waals surface area contributed by atoms with Gasteiger partial charge in [0.25, 0.3) is 5.91 Å². The third-order valence-electron chi connectivity index (χ3n) is 4.54. The van der Waals surface area contributed by atoms with Crippen LogP contribution in [0.4, 0.5) is 4.79 Å². The number of rotatable bonds is 4. The lowest BCUT2D eigenvalue weighted by molar-refractivity contribution is 0.0955. The highest BCUT2D eigenvalue weighted by Gasteiger charge is 2.18. The Hall–Kier alpha value is -3.13. The van der Waals surface area contributed by atoms with Crippen LogP contribution in [0.2, 0.25) is 0 Å². The van der Waals surface area contributed by atoms with Gasteiger partial charge in [-0.2, -0.15) is 0 Å². The number of carbonyl (C=O) groups excluding carboxylic acids is 1. The number of carbonyl (C=O) groups is 2. The molecule has 1 aliphatic heterocycles. The number of fused-ring (bicyclic) bond motifs is 1. The van der Waals surface area contributed by atoms with Gasteiger partial charge in [0.05, 0.1) is 4.88 Å². The molecule has 0 unspecified atom stereocenters. The summed E-state index contributed by atoms with van der Waals surface area (Å²) in [6.45, 7) is 1.31. The van der Waals surface area contributed by atoms with Gasteiger partial charge in [-0.15, -0.1) is 11.3 Å². The molecular formula is C19H18N4O3S. The minimum Gasteiger partial charge on any atom is -0.465 e. The van der Waals surface area contributed by atoms with E-state index in [2.05, 4.69) is 10.3 Å². The summed E-state index contributed by atoms with van der Waals surface area (Å²) in [7, 11) is 0. The van der Waals surface area contributed by atoms with Crippen molar-refractivity contribution < 1.29 is 14.7 Å². The molecule has 0 aliphatic carbocycles. The van der Waals surface area contributed by atoms with Gasteiger partial charge in [-0.05, 0) is 41.8 Å².